The van der Waals surface area contributed by atoms with Crippen molar-refractivity contribution in [1.29, 1.82) is 0 Å². The number of amides is 1. The van der Waals surface area contributed by atoms with Gasteiger partial charge in [0, 0.05) is 0 Å². The van der Waals surface area contributed by atoms with Gasteiger partial charge in [0.2, 0.25) is 0 Å². The van der Waals surface area contributed by atoms with Gasteiger partial charge in [0.05, 0.1) is 5.25 Å². The molecule has 1 aliphatic rings. The molecule has 1 N–H and O–H groups in total. The number of hydrogen-bond acceptors (Lipinski definition) is 4. The summed E-state index contributed by atoms with van der Waals surface area (Å²) in [5.41, 5.74) is 0. The van der Waals surface area contributed by atoms with Gasteiger partial charge in [-0.1, -0.05) is 11.8 Å². The van der Waals surface area contributed by atoms with Gasteiger partial charge in [0.1, 0.15) is 0 Å². The Balaban J connectivity index is 2.77. The molecule has 1 fully saturated rings. The maximum absolute atomic E-state index is 10.7. The van der Waals surface area contributed by atoms with Gasteiger partial charge in [-0.25, -0.2) is 0 Å². The molecule has 1 heterocycles. The van der Waals surface area contributed by atoms with Gasteiger partial charge < -0.3 is 0 Å². The van der Waals surface area contributed by atoms with Crippen molar-refractivity contribution in [2.75, 3.05) is 0 Å². The largest absolute Gasteiger partial charge is 0.280 e. The number of thioether (sulfide) groups is 1. The Labute approximate surface area is 62.0 Å². The number of hydroxylamine groups is 2. The molecule has 3 nitrogen and oxygen atoms in total. The summed E-state index contributed by atoms with van der Waals surface area (Å²) in [5, 5.41) is 9.06. The standard InChI is InChI=1S/C4H5NO2S2/c1-2-3(6)5(7)4(8)9-2/h2,7H,1H3. The van der Waals surface area contributed by atoms with E-state index in [9.17, 15) is 4.79 Å². The van der Waals surface area contributed by atoms with E-state index in [-0.39, 0.29) is 15.5 Å². The van der Waals surface area contributed by atoms with Crippen molar-refractivity contribution in [3.63, 3.8) is 0 Å². The van der Waals surface area contributed by atoms with Crippen LogP contribution in [0.1, 0.15) is 6.92 Å². The molecule has 0 saturated carbocycles. The quantitative estimate of drug-likeness (QED) is 0.420. The van der Waals surface area contributed by atoms with Crippen LogP contribution in [-0.2, 0) is 4.79 Å². The Morgan fingerprint density at radius 2 is 2.44 bits per heavy atom. The third kappa shape index (κ3) is 1.08. The van der Waals surface area contributed by atoms with Gasteiger partial charge in [-0.15, -0.1) is 0 Å². The molecule has 0 bridgehead atoms. The molecule has 1 amide bonds. The molecule has 9 heavy (non-hydrogen) atoms. The van der Waals surface area contributed by atoms with E-state index in [1.54, 1.807) is 6.92 Å². The highest BCUT2D eigenvalue weighted by molar-refractivity contribution is 8.24. The molecule has 0 aliphatic carbocycles. The van der Waals surface area contributed by atoms with E-state index < -0.39 is 0 Å². The van der Waals surface area contributed by atoms with Crippen LogP contribution < -0.4 is 0 Å². The number of carbonyl (C=O) groups is 1. The number of hydrogen-bond donors (Lipinski definition) is 1. The fourth-order valence-corrected chi connectivity index (χ4v) is 1.73. The van der Waals surface area contributed by atoms with Crippen molar-refractivity contribution in [3.8, 4) is 0 Å². The van der Waals surface area contributed by atoms with E-state index >= 15 is 0 Å². The van der Waals surface area contributed by atoms with Crippen LogP contribution in [0.5, 0.6) is 0 Å². The summed E-state index contributed by atoms with van der Waals surface area (Å²) in [6, 6.07) is 0. The molecular formula is C4H5NO2S2. The Kier molecular flexibility index (Phi) is 1.74. The molecular weight excluding hydrogens is 158 g/mol. The molecule has 0 aromatic heterocycles. The maximum Gasteiger partial charge on any atom is 0.265 e. The molecule has 1 aliphatic heterocycles. The van der Waals surface area contributed by atoms with Crippen molar-refractivity contribution in [1.82, 2.24) is 5.06 Å². The van der Waals surface area contributed by atoms with Gasteiger partial charge in [-0.05, 0) is 19.1 Å². The molecule has 5 heteroatoms. The highest BCUT2D eigenvalue weighted by Gasteiger charge is 2.32. The Morgan fingerprint density at radius 1 is 1.89 bits per heavy atom. The van der Waals surface area contributed by atoms with Crippen molar-refractivity contribution in [3.05, 3.63) is 0 Å². The van der Waals surface area contributed by atoms with Gasteiger partial charge >= 0.3 is 0 Å². The minimum atomic E-state index is -0.329. The number of rotatable bonds is 0. The first-order valence-corrected chi connectivity index (χ1v) is 3.65. The van der Waals surface area contributed by atoms with Crippen LogP contribution in [0, 0.1) is 0 Å². The zero-order valence-corrected chi connectivity index (χ0v) is 6.33. The second-order valence-electron chi connectivity index (χ2n) is 1.68. The van der Waals surface area contributed by atoms with Crippen molar-refractivity contribution in [2.24, 2.45) is 0 Å². The number of carbonyl (C=O) groups excluding carboxylic acids is 1. The monoisotopic (exact) mass is 163 g/mol. The average molecular weight is 163 g/mol. The topological polar surface area (TPSA) is 40.5 Å². The fourth-order valence-electron chi connectivity index (χ4n) is 0.514. The van der Waals surface area contributed by atoms with Crippen LogP contribution in [-0.4, -0.2) is 25.7 Å². The minimum absolute atomic E-state index is 0.220. The smallest absolute Gasteiger partial charge is 0.265 e. The Hall–Kier alpha value is -0.130. The van der Waals surface area contributed by atoms with Crippen LogP contribution in [0.25, 0.3) is 0 Å². The molecule has 1 rings (SSSR count). The lowest BCUT2D eigenvalue weighted by molar-refractivity contribution is -0.146. The van der Waals surface area contributed by atoms with Crippen LogP contribution >= 0.6 is 24.0 Å². The first kappa shape index (κ1) is 6.98. The van der Waals surface area contributed by atoms with Crippen molar-refractivity contribution < 1.29 is 10.0 Å². The molecule has 1 unspecified atom stereocenters. The van der Waals surface area contributed by atoms with Crippen LogP contribution in [0.15, 0.2) is 0 Å². The SMILES string of the molecule is CC1SC(=S)N(O)C1=O. The molecule has 1 saturated heterocycles. The summed E-state index contributed by atoms with van der Waals surface area (Å²) >= 11 is 5.81. The number of nitrogens with zero attached hydrogens (tertiary/aromatic N) is 1. The van der Waals surface area contributed by atoms with Crippen LogP contribution in [0.4, 0.5) is 0 Å². The first-order valence-electron chi connectivity index (χ1n) is 2.36. The van der Waals surface area contributed by atoms with E-state index in [4.69, 9.17) is 5.21 Å². The molecule has 0 aromatic rings. The normalized spacial score (nSPS) is 27.8. The minimum Gasteiger partial charge on any atom is -0.280 e. The van der Waals surface area contributed by atoms with Crippen LogP contribution in [0.2, 0.25) is 0 Å². The third-order valence-electron chi connectivity index (χ3n) is 1.01. The van der Waals surface area contributed by atoms with E-state index in [1.807, 2.05) is 0 Å². The predicted molar refractivity (Wildman–Crippen MR) is 38.3 cm³/mol. The van der Waals surface area contributed by atoms with E-state index in [0.29, 0.717) is 5.06 Å². The Morgan fingerprint density at radius 3 is 2.56 bits per heavy atom. The lowest BCUT2D eigenvalue weighted by atomic mass is 10.4. The van der Waals surface area contributed by atoms with E-state index in [0.717, 1.165) is 0 Å². The van der Waals surface area contributed by atoms with Crippen molar-refractivity contribution >= 4 is 34.2 Å². The molecule has 0 aromatic carbocycles. The summed E-state index contributed by atoms with van der Waals surface area (Å²) < 4.78 is 0.243. The molecule has 1 atom stereocenters. The second kappa shape index (κ2) is 2.24. The van der Waals surface area contributed by atoms with Gasteiger partial charge in [-0.2, -0.15) is 5.06 Å². The van der Waals surface area contributed by atoms with Crippen molar-refractivity contribution in [2.45, 2.75) is 12.2 Å². The highest BCUT2D eigenvalue weighted by atomic mass is 32.2. The van der Waals surface area contributed by atoms with Gasteiger partial charge in [0.15, 0.2) is 4.32 Å². The summed E-state index contributed by atoms with van der Waals surface area (Å²) in [5.74, 6) is -0.329. The summed E-state index contributed by atoms with van der Waals surface area (Å²) in [7, 11) is 0. The second-order valence-corrected chi connectivity index (χ2v) is 3.65. The number of thiocarbonyl (C=S) groups is 1. The predicted octanol–water partition coefficient (Wildman–Crippen LogP) is 0.624. The Bertz CT molecular complexity index is 170. The van der Waals surface area contributed by atoms with Gasteiger partial charge in [0.25, 0.3) is 5.91 Å². The summed E-state index contributed by atoms with van der Waals surface area (Å²) in [6.45, 7) is 1.70. The zero-order chi connectivity index (χ0) is 7.02. The van der Waals surface area contributed by atoms with Crippen LogP contribution in [0.3, 0.4) is 0 Å². The van der Waals surface area contributed by atoms with E-state index in [1.165, 1.54) is 11.8 Å². The lowest BCUT2D eigenvalue weighted by Crippen LogP contribution is -2.26. The summed E-state index contributed by atoms with van der Waals surface area (Å²) in [6.07, 6.45) is 0. The lowest BCUT2D eigenvalue weighted by Gasteiger charge is -2.01. The zero-order valence-electron chi connectivity index (χ0n) is 4.70. The first-order chi connectivity index (χ1) is 4.13. The molecule has 0 radical (unpaired) electrons. The molecule has 50 valence electrons. The average Bonchev–Trinajstić information content (AvgIpc) is 1.98. The highest BCUT2D eigenvalue weighted by Crippen LogP contribution is 2.24. The summed E-state index contributed by atoms with van der Waals surface area (Å²) in [4.78, 5) is 10.7. The van der Waals surface area contributed by atoms with Gasteiger partial charge in [-0.3, -0.25) is 10.0 Å². The van der Waals surface area contributed by atoms with E-state index in [2.05, 4.69) is 12.2 Å². The molecule has 0 spiro atoms. The fraction of sp³-hybridized carbons (Fsp3) is 0.500. The maximum atomic E-state index is 10.7. The third-order valence-corrected chi connectivity index (χ3v) is 2.40.